The van der Waals surface area contributed by atoms with Crippen molar-refractivity contribution in [3.63, 3.8) is 0 Å². The SMILES string of the molecule is Nc1c(-c2ccc(N(c3ccccc3)c3ccccc3)cc2)ccc2ccccc12. The first kappa shape index (κ1) is 18.0. The molecule has 0 aliphatic rings. The maximum Gasteiger partial charge on any atom is 0.0473 e. The quantitative estimate of drug-likeness (QED) is 0.323. The normalized spacial score (nSPS) is 10.8. The highest BCUT2D eigenvalue weighted by molar-refractivity contribution is 6.00. The Balaban J connectivity index is 1.57. The van der Waals surface area contributed by atoms with Crippen molar-refractivity contribution in [1.29, 1.82) is 0 Å². The summed E-state index contributed by atoms with van der Waals surface area (Å²) in [6.07, 6.45) is 0. The summed E-state index contributed by atoms with van der Waals surface area (Å²) in [5, 5.41) is 2.25. The first-order chi connectivity index (χ1) is 14.8. The lowest BCUT2D eigenvalue weighted by atomic mass is 9.98. The Morgan fingerprint density at radius 2 is 1.00 bits per heavy atom. The minimum atomic E-state index is 0.823. The van der Waals surface area contributed by atoms with Crippen molar-refractivity contribution in [3.05, 3.63) is 121 Å². The molecule has 5 aromatic rings. The van der Waals surface area contributed by atoms with Crippen LogP contribution in [0.5, 0.6) is 0 Å². The van der Waals surface area contributed by atoms with Gasteiger partial charge in [-0.15, -0.1) is 0 Å². The van der Waals surface area contributed by atoms with Crippen LogP contribution >= 0.6 is 0 Å². The zero-order valence-corrected chi connectivity index (χ0v) is 16.6. The van der Waals surface area contributed by atoms with Gasteiger partial charge in [-0.1, -0.05) is 84.9 Å². The smallest absolute Gasteiger partial charge is 0.0473 e. The van der Waals surface area contributed by atoms with Crippen LogP contribution in [0.1, 0.15) is 0 Å². The van der Waals surface area contributed by atoms with Crippen LogP contribution in [0, 0.1) is 0 Å². The fraction of sp³-hybridized carbons (Fsp3) is 0. The molecule has 0 aliphatic carbocycles. The van der Waals surface area contributed by atoms with E-state index in [1.807, 2.05) is 24.3 Å². The predicted molar refractivity (Wildman–Crippen MR) is 128 cm³/mol. The van der Waals surface area contributed by atoms with Crippen LogP contribution in [0.4, 0.5) is 22.7 Å². The molecule has 0 saturated carbocycles. The van der Waals surface area contributed by atoms with Crippen molar-refractivity contribution < 1.29 is 0 Å². The molecule has 0 radical (unpaired) electrons. The lowest BCUT2D eigenvalue weighted by Gasteiger charge is -2.25. The van der Waals surface area contributed by atoms with E-state index in [1.165, 1.54) is 0 Å². The van der Waals surface area contributed by atoms with Gasteiger partial charge < -0.3 is 10.6 Å². The monoisotopic (exact) mass is 386 g/mol. The standard InChI is InChI=1S/C28H22N2/c29-28-26-14-8-7-9-21(26)17-20-27(28)22-15-18-25(19-16-22)30(23-10-3-1-4-11-23)24-12-5-2-6-13-24/h1-20H,29H2. The number of benzene rings is 5. The van der Waals surface area contributed by atoms with Crippen molar-refractivity contribution in [3.8, 4) is 11.1 Å². The molecule has 5 rings (SSSR count). The molecular formula is C28H22N2. The number of hydrogen-bond acceptors (Lipinski definition) is 2. The number of nitrogens with two attached hydrogens (primary N) is 1. The van der Waals surface area contributed by atoms with E-state index in [2.05, 4.69) is 102 Å². The molecule has 0 aliphatic heterocycles. The average Bonchev–Trinajstić information content (AvgIpc) is 2.82. The van der Waals surface area contributed by atoms with Crippen LogP contribution in [-0.4, -0.2) is 0 Å². The minimum Gasteiger partial charge on any atom is -0.398 e. The number of hydrogen-bond donors (Lipinski definition) is 1. The largest absolute Gasteiger partial charge is 0.398 e. The Morgan fingerprint density at radius 3 is 1.63 bits per heavy atom. The Bertz CT molecular complexity index is 1240. The second-order valence-corrected chi connectivity index (χ2v) is 7.30. The highest BCUT2D eigenvalue weighted by Crippen LogP contribution is 2.37. The van der Waals surface area contributed by atoms with Crippen LogP contribution in [-0.2, 0) is 0 Å². The lowest BCUT2D eigenvalue weighted by Crippen LogP contribution is -2.09. The molecule has 144 valence electrons. The molecular weight excluding hydrogens is 364 g/mol. The van der Waals surface area contributed by atoms with E-state index < -0.39 is 0 Å². The molecule has 0 unspecified atom stereocenters. The third-order valence-corrected chi connectivity index (χ3v) is 5.44. The molecule has 0 atom stereocenters. The van der Waals surface area contributed by atoms with Crippen LogP contribution < -0.4 is 10.6 Å². The molecule has 30 heavy (non-hydrogen) atoms. The summed E-state index contributed by atoms with van der Waals surface area (Å²) in [5.41, 5.74) is 12.9. The Kier molecular flexibility index (Phi) is 4.66. The number of rotatable bonds is 4. The molecule has 0 aromatic heterocycles. The summed E-state index contributed by atoms with van der Waals surface area (Å²) in [6, 6.07) is 41.9. The molecule has 2 heteroatoms. The third-order valence-electron chi connectivity index (χ3n) is 5.44. The second-order valence-electron chi connectivity index (χ2n) is 7.30. The van der Waals surface area contributed by atoms with Gasteiger partial charge in [0.15, 0.2) is 0 Å². The van der Waals surface area contributed by atoms with Crippen molar-refractivity contribution in [1.82, 2.24) is 0 Å². The third kappa shape index (κ3) is 3.29. The lowest BCUT2D eigenvalue weighted by molar-refractivity contribution is 1.28. The van der Waals surface area contributed by atoms with E-state index in [0.29, 0.717) is 0 Å². The van der Waals surface area contributed by atoms with E-state index in [9.17, 15) is 0 Å². The van der Waals surface area contributed by atoms with Gasteiger partial charge in [0.25, 0.3) is 0 Å². The maximum atomic E-state index is 6.52. The Hall–Kier alpha value is -4.04. The maximum absolute atomic E-state index is 6.52. The summed E-state index contributed by atoms with van der Waals surface area (Å²) in [5.74, 6) is 0. The second kappa shape index (κ2) is 7.76. The van der Waals surface area contributed by atoms with Crippen LogP contribution in [0.15, 0.2) is 121 Å². The highest BCUT2D eigenvalue weighted by Gasteiger charge is 2.13. The van der Waals surface area contributed by atoms with Crippen LogP contribution in [0.2, 0.25) is 0 Å². The number of para-hydroxylation sites is 2. The van der Waals surface area contributed by atoms with Crippen molar-refractivity contribution in [2.75, 3.05) is 10.6 Å². The average molecular weight is 386 g/mol. The van der Waals surface area contributed by atoms with Gasteiger partial charge in [-0.05, 0) is 47.3 Å². The fourth-order valence-corrected chi connectivity index (χ4v) is 3.94. The molecule has 0 bridgehead atoms. The molecule has 2 N–H and O–H groups in total. The van der Waals surface area contributed by atoms with E-state index in [4.69, 9.17) is 5.73 Å². The zero-order valence-electron chi connectivity index (χ0n) is 16.6. The van der Waals surface area contributed by atoms with Gasteiger partial charge in [-0.25, -0.2) is 0 Å². The van der Waals surface area contributed by atoms with Crippen molar-refractivity contribution in [2.45, 2.75) is 0 Å². The molecule has 0 amide bonds. The van der Waals surface area contributed by atoms with E-state index >= 15 is 0 Å². The summed E-state index contributed by atoms with van der Waals surface area (Å²) in [7, 11) is 0. The van der Waals surface area contributed by atoms with E-state index in [0.717, 1.165) is 44.6 Å². The minimum absolute atomic E-state index is 0.823. The molecule has 0 fully saturated rings. The van der Waals surface area contributed by atoms with Gasteiger partial charge >= 0.3 is 0 Å². The van der Waals surface area contributed by atoms with Gasteiger partial charge in [0.2, 0.25) is 0 Å². The first-order valence-electron chi connectivity index (χ1n) is 10.1. The number of nitrogen functional groups attached to an aromatic ring is 1. The summed E-state index contributed by atoms with van der Waals surface area (Å²) >= 11 is 0. The zero-order chi connectivity index (χ0) is 20.3. The van der Waals surface area contributed by atoms with Crippen LogP contribution in [0.25, 0.3) is 21.9 Å². The summed E-state index contributed by atoms with van der Waals surface area (Å²) in [6.45, 7) is 0. The van der Waals surface area contributed by atoms with Crippen molar-refractivity contribution >= 4 is 33.5 Å². The van der Waals surface area contributed by atoms with Crippen molar-refractivity contribution in [2.24, 2.45) is 0 Å². The molecule has 5 aromatic carbocycles. The molecule has 0 spiro atoms. The van der Waals surface area contributed by atoms with Gasteiger partial charge in [-0.2, -0.15) is 0 Å². The first-order valence-corrected chi connectivity index (χ1v) is 10.1. The number of nitrogens with zero attached hydrogens (tertiary/aromatic N) is 1. The van der Waals surface area contributed by atoms with Crippen LogP contribution in [0.3, 0.4) is 0 Å². The summed E-state index contributed by atoms with van der Waals surface area (Å²) in [4.78, 5) is 2.26. The number of anilines is 4. The molecule has 0 heterocycles. The fourth-order valence-electron chi connectivity index (χ4n) is 3.94. The Morgan fingerprint density at radius 1 is 0.467 bits per heavy atom. The highest BCUT2D eigenvalue weighted by atomic mass is 15.1. The van der Waals surface area contributed by atoms with E-state index in [-0.39, 0.29) is 0 Å². The summed E-state index contributed by atoms with van der Waals surface area (Å²) < 4.78 is 0. The van der Waals surface area contributed by atoms with Gasteiger partial charge in [0.05, 0.1) is 0 Å². The molecule has 0 saturated heterocycles. The van der Waals surface area contributed by atoms with Gasteiger partial charge in [0, 0.05) is 33.7 Å². The van der Waals surface area contributed by atoms with E-state index in [1.54, 1.807) is 0 Å². The topological polar surface area (TPSA) is 29.3 Å². The molecule has 2 nitrogen and oxygen atoms in total. The van der Waals surface area contributed by atoms with Gasteiger partial charge in [-0.3, -0.25) is 0 Å². The number of fused-ring (bicyclic) bond motifs is 1. The van der Waals surface area contributed by atoms with Gasteiger partial charge in [0.1, 0.15) is 0 Å². The predicted octanol–water partition coefficient (Wildman–Crippen LogP) is 7.56. The Labute approximate surface area is 176 Å².